The van der Waals surface area contributed by atoms with Gasteiger partial charge in [-0.25, -0.2) is 0 Å². The summed E-state index contributed by atoms with van der Waals surface area (Å²) in [6, 6.07) is 16.9. The van der Waals surface area contributed by atoms with E-state index in [-0.39, 0.29) is 5.91 Å². The fraction of sp³-hybridized carbons (Fsp3) is 0.211. The Balaban J connectivity index is 1.46. The maximum Gasteiger partial charge on any atom is 0.260 e. The smallest absolute Gasteiger partial charge is 0.260 e. The molecule has 2 aromatic heterocycles. The van der Waals surface area contributed by atoms with Crippen LogP contribution in [0.1, 0.15) is 6.92 Å². The lowest BCUT2D eigenvalue weighted by atomic mass is 10.3. The highest BCUT2D eigenvalue weighted by Gasteiger charge is 2.13. The van der Waals surface area contributed by atoms with E-state index in [1.807, 2.05) is 60.8 Å². The summed E-state index contributed by atoms with van der Waals surface area (Å²) in [5.74, 6) is 0.526. The molecule has 0 aliphatic heterocycles. The van der Waals surface area contributed by atoms with E-state index in [9.17, 15) is 4.79 Å². The number of benzene rings is 1. The Kier molecular flexibility index (Phi) is 5.41. The molecule has 0 saturated carbocycles. The van der Waals surface area contributed by atoms with E-state index in [4.69, 9.17) is 4.74 Å². The molecule has 0 saturated heterocycles. The summed E-state index contributed by atoms with van der Waals surface area (Å²) in [6.45, 7) is 2.79. The number of hydrogen-bond acceptors (Lipinski definition) is 4. The number of ether oxygens (including phenoxy) is 1. The van der Waals surface area contributed by atoms with Gasteiger partial charge in [-0.05, 0) is 37.3 Å². The van der Waals surface area contributed by atoms with Crippen molar-refractivity contribution in [1.29, 1.82) is 0 Å². The maximum absolute atomic E-state index is 12.1. The van der Waals surface area contributed by atoms with Gasteiger partial charge in [0.25, 0.3) is 5.91 Å². The van der Waals surface area contributed by atoms with Crippen molar-refractivity contribution in [2.24, 2.45) is 0 Å². The SMILES string of the molecule is C[C@H](Oc1ccccc1)C(=O)NCCn1ccc(-c2ccccn2)n1. The van der Waals surface area contributed by atoms with Crippen LogP contribution in [-0.2, 0) is 11.3 Å². The lowest BCUT2D eigenvalue weighted by Crippen LogP contribution is -2.37. The zero-order chi connectivity index (χ0) is 17.5. The lowest BCUT2D eigenvalue weighted by Gasteiger charge is -2.14. The molecule has 1 atom stereocenters. The van der Waals surface area contributed by atoms with Gasteiger partial charge in [-0.15, -0.1) is 0 Å². The van der Waals surface area contributed by atoms with Gasteiger partial charge >= 0.3 is 0 Å². The van der Waals surface area contributed by atoms with Gasteiger partial charge in [0, 0.05) is 18.9 Å². The molecule has 3 aromatic rings. The Bertz CT molecular complexity index is 803. The number of nitrogens with zero attached hydrogens (tertiary/aromatic N) is 3. The minimum absolute atomic E-state index is 0.152. The highest BCUT2D eigenvalue weighted by atomic mass is 16.5. The molecule has 1 aromatic carbocycles. The number of para-hydroxylation sites is 1. The van der Waals surface area contributed by atoms with Crippen molar-refractivity contribution in [1.82, 2.24) is 20.1 Å². The Morgan fingerprint density at radius 2 is 1.92 bits per heavy atom. The van der Waals surface area contributed by atoms with E-state index in [1.165, 1.54) is 0 Å². The molecule has 1 amide bonds. The highest BCUT2D eigenvalue weighted by molar-refractivity contribution is 5.80. The van der Waals surface area contributed by atoms with E-state index < -0.39 is 6.10 Å². The van der Waals surface area contributed by atoms with Crippen LogP contribution in [0.4, 0.5) is 0 Å². The third-order valence-corrected chi connectivity index (χ3v) is 3.63. The molecule has 2 heterocycles. The van der Waals surface area contributed by atoms with Gasteiger partial charge in [0.15, 0.2) is 6.10 Å². The second-order valence-electron chi connectivity index (χ2n) is 5.54. The van der Waals surface area contributed by atoms with Crippen molar-refractivity contribution in [2.45, 2.75) is 19.6 Å². The number of hydrogen-bond donors (Lipinski definition) is 1. The summed E-state index contributed by atoms with van der Waals surface area (Å²) in [5.41, 5.74) is 1.64. The first-order chi connectivity index (χ1) is 12.2. The number of aromatic nitrogens is 3. The van der Waals surface area contributed by atoms with Crippen molar-refractivity contribution < 1.29 is 9.53 Å². The first kappa shape index (κ1) is 16.7. The zero-order valence-corrected chi connectivity index (χ0v) is 14.0. The quantitative estimate of drug-likeness (QED) is 0.720. The summed E-state index contributed by atoms with van der Waals surface area (Å²) in [6.07, 6.45) is 3.06. The average molecular weight is 336 g/mol. The minimum atomic E-state index is -0.552. The molecule has 6 nitrogen and oxygen atoms in total. The van der Waals surface area contributed by atoms with E-state index >= 15 is 0 Å². The van der Waals surface area contributed by atoms with Crippen molar-refractivity contribution in [3.8, 4) is 17.1 Å². The standard InChI is InChI=1S/C19H20N4O2/c1-15(25-16-7-3-2-4-8-16)19(24)21-12-14-23-13-10-18(22-23)17-9-5-6-11-20-17/h2-11,13,15H,12,14H2,1H3,(H,21,24)/t15-/m0/s1. The molecular formula is C19H20N4O2. The topological polar surface area (TPSA) is 69.0 Å². The Hall–Kier alpha value is -3.15. The molecule has 0 bridgehead atoms. The second-order valence-corrected chi connectivity index (χ2v) is 5.54. The number of carbonyl (C=O) groups excluding carboxylic acids is 1. The van der Waals surface area contributed by atoms with Crippen LogP contribution in [0.5, 0.6) is 5.75 Å². The van der Waals surface area contributed by atoms with E-state index in [0.29, 0.717) is 18.8 Å². The monoisotopic (exact) mass is 336 g/mol. The third-order valence-electron chi connectivity index (χ3n) is 3.63. The predicted octanol–water partition coefficient (Wildman–Crippen LogP) is 2.53. The Morgan fingerprint density at radius 3 is 2.68 bits per heavy atom. The van der Waals surface area contributed by atoms with E-state index in [0.717, 1.165) is 11.4 Å². The van der Waals surface area contributed by atoms with Crippen LogP contribution in [0.2, 0.25) is 0 Å². The summed E-state index contributed by atoms with van der Waals surface area (Å²) >= 11 is 0. The normalized spacial score (nSPS) is 11.7. The van der Waals surface area contributed by atoms with Crippen LogP contribution in [0.15, 0.2) is 67.0 Å². The fourth-order valence-electron chi connectivity index (χ4n) is 2.33. The third kappa shape index (κ3) is 4.67. The number of pyridine rings is 1. The Morgan fingerprint density at radius 1 is 1.12 bits per heavy atom. The molecule has 0 radical (unpaired) electrons. The summed E-state index contributed by atoms with van der Waals surface area (Å²) in [5, 5.41) is 7.32. The van der Waals surface area contributed by atoms with Crippen LogP contribution in [0.3, 0.4) is 0 Å². The van der Waals surface area contributed by atoms with Crippen LogP contribution in [-0.4, -0.2) is 33.3 Å². The molecule has 6 heteroatoms. The molecule has 0 spiro atoms. The Labute approximate surface area is 146 Å². The summed E-state index contributed by atoms with van der Waals surface area (Å²) < 4.78 is 7.38. The number of nitrogens with one attached hydrogen (secondary N) is 1. The predicted molar refractivity (Wildman–Crippen MR) is 95.0 cm³/mol. The van der Waals surface area contributed by atoms with Crippen molar-refractivity contribution >= 4 is 5.91 Å². The summed E-state index contributed by atoms with van der Waals surface area (Å²) in [7, 11) is 0. The molecular weight excluding hydrogens is 316 g/mol. The molecule has 128 valence electrons. The summed E-state index contributed by atoms with van der Waals surface area (Å²) in [4.78, 5) is 16.4. The van der Waals surface area contributed by atoms with Crippen molar-refractivity contribution in [3.63, 3.8) is 0 Å². The van der Waals surface area contributed by atoms with Crippen LogP contribution >= 0.6 is 0 Å². The van der Waals surface area contributed by atoms with Gasteiger partial charge in [0.05, 0.1) is 12.2 Å². The second kappa shape index (κ2) is 8.10. The molecule has 0 fully saturated rings. The molecule has 3 rings (SSSR count). The molecule has 0 aliphatic carbocycles. The number of rotatable bonds is 7. The van der Waals surface area contributed by atoms with Gasteiger partial charge in [0.1, 0.15) is 11.4 Å². The van der Waals surface area contributed by atoms with E-state index in [2.05, 4.69) is 15.4 Å². The van der Waals surface area contributed by atoms with E-state index in [1.54, 1.807) is 17.8 Å². The average Bonchev–Trinajstić information content (AvgIpc) is 3.12. The maximum atomic E-state index is 12.1. The number of amides is 1. The highest BCUT2D eigenvalue weighted by Crippen LogP contribution is 2.13. The van der Waals surface area contributed by atoms with Gasteiger partial charge in [-0.3, -0.25) is 14.5 Å². The van der Waals surface area contributed by atoms with Gasteiger partial charge < -0.3 is 10.1 Å². The molecule has 1 N–H and O–H groups in total. The minimum Gasteiger partial charge on any atom is -0.481 e. The largest absolute Gasteiger partial charge is 0.481 e. The van der Waals surface area contributed by atoms with Crippen molar-refractivity contribution in [2.75, 3.05) is 6.54 Å². The van der Waals surface area contributed by atoms with Crippen molar-refractivity contribution in [3.05, 3.63) is 67.0 Å². The van der Waals surface area contributed by atoms with Gasteiger partial charge in [-0.1, -0.05) is 24.3 Å². The van der Waals surface area contributed by atoms with Crippen LogP contribution in [0, 0.1) is 0 Å². The molecule has 25 heavy (non-hydrogen) atoms. The van der Waals surface area contributed by atoms with Crippen LogP contribution in [0.25, 0.3) is 11.4 Å². The molecule has 0 aliphatic rings. The van der Waals surface area contributed by atoms with Crippen LogP contribution < -0.4 is 10.1 Å². The molecule has 0 unspecified atom stereocenters. The lowest BCUT2D eigenvalue weighted by molar-refractivity contribution is -0.127. The fourth-order valence-corrected chi connectivity index (χ4v) is 2.33. The van der Waals surface area contributed by atoms with Gasteiger partial charge in [-0.2, -0.15) is 5.10 Å². The first-order valence-corrected chi connectivity index (χ1v) is 8.16. The first-order valence-electron chi connectivity index (χ1n) is 8.16. The number of carbonyl (C=O) groups is 1. The zero-order valence-electron chi connectivity index (χ0n) is 14.0. The van der Waals surface area contributed by atoms with Gasteiger partial charge in [0.2, 0.25) is 0 Å².